The Morgan fingerprint density at radius 2 is 2.00 bits per heavy atom. The van der Waals surface area contributed by atoms with E-state index < -0.39 is 0 Å². The van der Waals surface area contributed by atoms with Gasteiger partial charge in [0.15, 0.2) is 0 Å². The highest BCUT2D eigenvalue weighted by Crippen LogP contribution is 2.26. The largest absolute Gasteiger partial charge is 0.494 e. The van der Waals surface area contributed by atoms with Crippen molar-refractivity contribution in [3.05, 3.63) is 35.7 Å². The summed E-state index contributed by atoms with van der Waals surface area (Å²) in [6.45, 7) is 6.34. The lowest BCUT2D eigenvalue weighted by molar-refractivity contribution is -0.127. The normalized spacial score (nSPS) is 14.1. The highest BCUT2D eigenvalue weighted by atomic mass is 32.2. The van der Waals surface area contributed by atoms with Crippen LogP contribution in [0.25, 0.3) is 11.5 Å². The van der Waals surface area contributed by atoms with Gasteiger partial charge in [0.1, 0.15) is 11.5 Å². The minimum absolute atomic E-state index is 0.232. The van der Waals surface area contributed by atoms with Crippen LogP contribution in [-0.4, -0.2) is 41.2 Å². The fraction of sp³-hybridized carbons (Fsp3) is 0.474. The lowest BCUT2D eigenvalue weighted by atomic mass is 10.2. The van der Waals surface area contributed by atoms with Gasteiger partial charge in [-0.3, -0.25) is 4.79 Å². The number of rotatable bonds is 7. The number of ether oxygens (including phenoxy) is 1. The van der Waals surface area contributed by atoms with Gasteiger partial charge in [0.05, 0.1) is 18.1 Å². The van der Waals surface area contributed by atoms with Gasteiger partial charge in [-0.15, -0.1) is 11.8 Å². The van der Waals surface area contributed by atoms with Crippen LogP contribution >= 0.6 is 11.8 Å². The van der Waals surface area contributed by atoms with Crippen LogP contribution in [0, 0.1) is 6.92 Å². The van der Waals surface area contributed by atoms with Crippen molar-refractivity contribution in [2.24, 2.45) is 0 Å². The molecule has 2 aromatic rings. The van der Waals surface area contributed by atoms with E-state index in [0.717, 1.165) is 48.7 Å². The Bertz CT molecular complexity index is 706. The average Bonchev–Trinajstić information content (AvgIpc) is 3.26. The Hall–Kier alpha value is -1.95. The molecule has 0 N–H and O–H groups in total. The second kappa shape index (κ2) is 8.43. The predicted octanol–water partition coefficient (Wildman–Crippen LogP) is 3.90. The molecule has 1 amide bonds. The number of amides is 1. The summed E-state index contributed by atoms with van der Waals surface area (Å²) in [6, 6.07) is 7.73. The SMILES string of the molecule is CCOc1ccc(-c2nc(CSCC(=O)N3CCCC3)c(C)o2)cc1. The Kier molecular flexibility index (Phi) is 6.02. The third kappa shape index (κ3) is 4.57. The maximum Gasteiger partial charge on any atom is 0.232 e. The summed E-state index contributed by atoms with van der Waals surface area (Å²) < 4.78 is 11.3. The van der Waals surface area contributed by atoms with Gasteiger partial charge < -0.3 is 14.1 Å². The van der Waals surface area contributed by atoms with Crippen LogP contribution < -0.4 is 4.74 Å². The summed E-state index contributed by atoms with van der Waals surface area (Å²) in [6.07, 6.45) is 2.26. The monoisotopic (exact) mass is 360 g/mol. The molecule has 0 unspecified atom stereocenters. The zero-order valence-electron chi connectivity index (χ0n) is 14.8. The first-order valence-electron chi connectivity index (χ1n) is 8.72. The van der Waals surface area contributed by atoms with Crippen molar-refractivity contribution < 1.29 is 13.9 Å². The summed E-state index contributed by atoms with van der Waals surface area (Å²) in [5.74, 6) is 3.68. The van der Waals surface area contributed by atoms with Crippen molar-refractivity contribution in [1.29, 1.82) is 0 Å². The summed E-state index contributed by atoms with van der Waals surface area (Å²) in [4.78, 5) is 18.6. The number of oxazole rings is 1. The van der Waals surface area contributed by atoms with Gasteiger partial charge in [-0.2, -0.15) is 0 Å². The molecule has 25 heavy (non-hydrogen) atoms. The molecule has 0 saturated carbocycles. The van der Waals surface area contributed by atoms with Crippen LogP contribution in [0.15, 0.2) is 28.7 Å². The lowest BCUT2D eigenvalue weighted by Gasteiger charge is -2.14. The van der Waals surface area contributed by atoms with E-state index in [1.165, 1.54) is 0 Å². The van der Waals surface area contributed by atoms with Crippen molar-refractivity contribution in [3.63, 3.8) is 0 Å². The fourth-order valence-corrected chi connectivity index (χ4v) is 3.76. The minimum atomic E-state index is 0.232. The first-order valence-corrected chi connectivity index (χ1v) is 9.88. The molecule has 5 nitrogen and oxygen atoms in total. The molecule has 3 rings (SSSR count). The first kappa shape index (κ1) is 17.9. The fourth-order valence-electron chi connectivity index (χ4n) is 2.84. The molecule has 1 fully saturated rings. The number of aromatic nitrogens is 1. The quantitative estimate of drug-likeness (QED) is 0.749. The van der Waals surface area contributed by atoms with Crippen LogP contribution in [0.1, 0.15) is 31.2 Å². The van der Waals surface area contributed by atoms with Crippen LogP contribution in [0.4, 0.5) is 0 Å². The van der Waals surface area contributed by atoms with E-state index in [-0.39, 0.29) is 5.91 Å². The molecule has 0 spiro atoms. The molecule has 0 atom stereocenters. The second-order valence-electron chi connectivity index (χ2n) is 6.06. The standard InChI is InChI=1S/C19H24N2O3S/c1-3-23-16-8-6-15(7-9-16)19-20-17(14(2)24-19)12-25-13-18(22)21-10-4-5-11-21/h6-9H,3-5,10-13H2,1-2H3. The number of nitrogens with zero attached hydrogens (tertiary/aromatic N) is 2. The molecule has 0 radical (unpaired) electrons. The van der Waals surface area contributed by atoms with Crippen molar-refractivity contribution in [1.82, 2.24) is 9.88 Å². The molecule has 0 bridgehead atoms. The first-order chi connectivity index (χ1) is 12.2. The van der Waals surface area contributed by atoms with Crippen LogP contribution in [0.5, 0.6) is 5.75 Å². The Morgan fingerprint density at radius 3 is 2.68 bits per heavy atom. The van der Waals surface area contributed by atoms with Crippen LogP contribution in [0.2, 0.25) is 0 Å². The Labute approximate surface area is 152 Å². The summed E-state index contributed by atoms with van der Waals surface area (Å²) >= 11 is 1.60. The van der Waals surface area contributed by atoms with Gasteiger partial charge in [-0.25, -0.2) is 4.98 Å². The average molecular weight is 360 g/mol. The topological polar surface area (TPSA) is 55.6 Å². The van der Waals surface area contributed by atoms with E-state index in [1.807, 2.05) is 43.0 Å². The van der Waals surface area contributed by atoms with E-state index in [1.54, 1.807) is 11.8 Å². The van der Waals surface area contributed by atoms with E-state index in [0.29, 0.717) is 24.0 Å². The molecule has 1 aromatic heterocycles. The number of carbonyl (C=O) groups is 1. The molecule has 2 heterocycles. The maximum absolute atomic E-state index is 12.1. The Morgan fingerprint density at radius 1 is 1.28 bits per heavy atom. The number of thioether (sulfide) groups is 1. The third-order valence-electron chi connectivity index (χ3n) is 4.23. The van der Waals surface area contributed by atoms with Gasteiger partial charge >= 0.3 is 0 Å². The van der Waals surface area contributed by atoms with E-state index >= 15 is 0 Å². The maximum atomic E-state index is 12.1. The van der Waals surface area contributed by atoms with E-state index in [4.69, 9.17) is 9.15 Å². The molecule has 1 aromatic carbocycles. The second-order valence-corrected chi connectivity index (χ2v) is 7.05. The van der Waals surface area contributed by atoms with E-state index in [9.17, 15) is 4.79 Å². The predicted molar refractivity (Wildman–Crippen MR) is 99.8 cm³/mol. The number of likely N-dealkylation sites (tertiary alicyclic amines) is 1. The van der Waals surface area contributed by atoms with Gasteiger partial charge in [0.25, 0.3) is 0 Å². The molecule has 1 aliphatic rings. The van der Waals surface area contributed by atoms with Crippen LogP contribution in [-0.2, 0) is 10.5 Å². The molecular weight excluding hydrogens is 336 g/mol. The minimum Gasteiger partial charge on any atom is -0.494 e. The van der Waals surface area contributed by atoms with Gasteiger partial charge in [0.2, 0.25) is 11.8 Å². The smallest absolute Gasteiger partial charge is 0.232 e. The van der Waals surface area contributed by atoms with Crippen molar-refractivity contribution in [2.75, 3.05) is 25.4 Å². The summed E-state index contributed by atoms with van der Waals surface area (Å²) in [5, 5.41) is 0. The number of hydrogen-bond acceptors (Lipinski definition) is 5. The van der Waals surface area contributed by atoms with Gasteiger partial charge in [-0.1, -0.05) is 0 Å². The van der Waals surface area contributed by atoms with Crippen molar-refractivity contribution >= 4 is 17.7 Å². The third-order valence-corrected chi connectivity index (χ3v) is 5.16. The zero-order chi connectivity index (χ0) is 17.6. The lowest BCUT2D eigenvalue weighted by Crippen LogP contribution is -2.29. The number of hydrogen-bond donors (Lipinski definition) is 0. The molecule has 1 aliphatic heterocycles. The van der Waals surface area contributed by atoms with E-state index in [2.05, 4.69) is 4.98 Å². The van der Waals surface area contributed by atoms with Crippen molar-refractivity contribution in [2.45, 2.75) is 32.4 Å². The van der Waals surface area contributed by atoms with Gasteiger partial charge in [0, 0.05) is 24.4 Å². The highest BCUT2D eigenvalue weighted by molar-refractivity contribution is 7.99. The molecule has 1 saturated heterocycles. The zero-order valence-corrected chi connectivity index (χ0v) is 15.6. The van der Waals surface area contributed by atoms with Crippen molar-refractivity contribution in [3.8, 4) is 17.2 Å². The number of carbonyl (C=O) groups excluding carboxylic acids is 1. The molecular formula is C19H24N2O3S. The van der Waals surface area contributed by atoms with Crippen LogP contribution in [0.3, 0.4) is 0 Å². The molecule has 134 valence electrons. The molecule has 0 aliphatic carbocycles. The summed E-state index contributed by atoms with van der Waals surface area (Å²) in [5.41, 5.74) is 1.83. The number of aryl methyl sites for hydroxylation is 1. The summed E-state index contributed by atoms with van der Waals surface area (Å²) in [7, 11) is 0. The molecule has 6 heteroatoms. The Balaban J connectivity index is 1.57. The number of benzene rings is 1. The van der Waals surface area contributed by atoms with Gasteiger partial charge in [-0.05, 0) is 51.0 Å². The highest BCUT2D eigenvalue weighted by Gasteiger charge is 2.18.